The minimum absolute atomic E-state index is 1.03. The highest BCUT2D eigenvalue weighted by molar-refractivity contribution is 9.10. The summed E-state index contributed by atoms with van der Waals surface area (Å²) < 4.78 is 3.25. The Morgan fingerprint density at radius 1 is 1.00 bits per heavy atom. The van der Waals surface area contributed by atoms with Gasteiger partial charge in [-0.15, -0.1) is 0 Å². The molecule has 3 heteroatoms. The number of halogens is 1. The summed E-state index contributed by atoms with van der Waals surface area (Å²) in [5, 5.41) is 3.63. The highest BCUT2D eigenvalue weighted by Crippen LogP contribution is 2.31. The number of fused-ring (bicyclic) bond motifs is 4. The summed E-state index contributed by atoms with van der Waals surface area (Å²) in [5.41, 5.74) is 3.28. The molecule has 4 rings (SSSR count). The zero-order chi connectivity index (χ0) is 13.0. The van der Waals surface area contributed by atoms with Crippen molar-refractivity contribution in [2.45, 2.75) is 0 Å². The normalized spacial score (nSPS) is 11.7. The van der Waals surface area contributed by atoms with E-state index in [4.69, 9.17) is 4.98 Å². The molecule has 0 unspecified atom stereocenters. The molecule has 0 fully saturated rings. The van der Waals surface area contributed by atoms with E-state index in [1.54, 1.807) is 0 Å². The van der Waals surface area contributed by atoms with Gasteiger partial charge in [0.2, 0.25) is 0 Å². The van der Waals surface area contributed by atoms with E-state index >= 15 is 0 Å². The molecular formula is C16H11BrN2. The molecule has 0 N–H and O–H groups in total. The maximum absolute atomic E-state index is 4.79. The Hall–Kier alpha value is -1.87. The Bertz CT molecular complexity index is 938. The van der Waals surface area contributed by atoms with Gasteiger partial charge >= 0.3 is 0 Å². The third-order valence-electron chi connectivity index (χ3n) is 3.63. The number of aryl methyl sites for hydroxylation is 1. The lowest BCUT2D eigenvalue weighted by Crippen LogP contribution is -1.89. The van der Waals surface area contributed by atoms with E-state index < -0.39 is 0 Å². The molecule has 0 amide bonds. The zero-order valence-corrected chi connectivity index (χ0v) is 12.0. The van der Waals surface area contributed by atoms with Crippen LogP contribution in [-0.2, 0) is 7.05 Å². The minimum atomic E-state index is 1.03. The molecule has 0 aliphatic carbocycles. The van der Waals surface area contributed by atoms with Crippen molar-refractivity contribution in [2.24, 2.45) is 7.05 Å². The Morgan fingerprint density at radius 2 is 1.84 bits per heavy atom. The fraction of sp³-hybridized carbons (Fsp3) is 0.0625. The Morgan fingerprint density at radius 3 is 2.74 bits per heavy atom. The average Bonchev–Trinajstić information content (AvgIpc) is 2.69. The Kier molecular flexibility index (Phi) is 2.21. The van der Waals surface area contributed by atoms with E-state index in [-0.39, 0.29) is 0 Å². The van der Waals surface area contributed by atoms with Gasteiger partial charge in [0.15, 0.2) is 0 Å². The van der Waals surface area contributed by atoms with Crippen molar-refractivity contribution < 1.29 is 0 Å². The molecule has 0 saturated heterocycles. The number of aromatic nitrogens is 2. The number of hydrogen-bond acceptors (Lipinski definition) is 1. The highest BCUT2D eigenvalue weighted by atomic mass is 79.9. The maximum Gasteiger partial charge on any atom is 0.141 e. The first-order valence-electron chi connectivity index (χ1n) is 6.17. The van der Waals surface area contributed by atoms with Crippen LogP contribution < -0.4 is 0 Å². The molecule has 4 aromatic rings. The first-order valence-corrected chi connectivity index (χ1v) is 6.97. The summed E-state index contributed by atoms with van der Waals surface area (Å²) in [5.74, 6) is 0. The van der Waals surface area contributed by atoms with Gasteiger partial charge in [-0.1, -0.05) is 34.1 Å². The molecule has 2 aromatic heterocycles. The molecule has 2 nitrogen and oxygen atoms in total. The summed E-state index contributed by atoms with van der Waals surface area (Å²) in [6, 6.07) is 16.8. The Balaban J connectivity index is 2.30. The molecule has 0 radical (unpaired) electrons. The fourth-order valence-electron chi connectivity index (χ4n) is 2.69. The molecule has 19 heavy (non-hydrogen) atoms. The van der Waals surface area contributed by atoms with Crippen LogP contribution in [0.25, 0.3) is 32.8 Å². The van der Waals surface area contributed by atoms with Crippen molar-refractivity contribution in [1.29, 1.82) is 0 Å². The minimum Gasteiger partial charge on any atom is -0.328 e. The summed E-state index contributed by atoms with van der Waals surface area (Å²) in [7, 11) is 2.07. The van der Waals surface area contributed by atoms with Crippen molar-refractivity contribution >= 4 is 48.8 Å². The second kappa shape index (κ2) is 3.81. The van der Waals surface area contributed by atoms with E-state index in [9.17, 15) is 0 Å². The van der Waals surface area contributed by atoms with Crippen LogP contribution in [0, 0.1) is 0 Å². The number of rotatable bonds is 0. The number of pyridine rings is 1. The number of nitrogens with zero attached hydrogens (tertiary/aromatic N) is 2. The third-order valence-corrected chi connectivity index (χ3v) is 4.12. The molecule has 0 aliphatic rings. The van der Waals surface area contributed by atoms with E-state index in [0.29, 0.717) is 0 Å². The van der Waals surface area contributed by atoms with Crippen molar-refractivity contribution in [2.75, 3.05) is 0 Å². The topological polar surface area (TPSA) is 17.8 Å². The van der Waals surface area contributed by atoms with Crippen LogP contribution in [0.2, 0.25) is 0 Å². The molecule has 0 saturated carbocycles. The van der Waals surface area contributed by atoms with Gasteiger partial charge in [-0.2, -0.15) is 0 Å². The van der Waals surface area contributed by atoms with Gasteiger partial charge in [0, 0.05) is 27.7 Å². The van der Waals surface area contributed by atoms with Crippen molar-refractivity contribution in [3.05, 3.63) is 53.0 Å². The van der Waals surface area contributed by atoms with Crippen LogP contribution in [0.4, 0.5) is 0 Å². The van der Waals surface area contributed by atoms with E-state index in [0.717, 1.165) is 15.6 Å². The van der Waals surface area contributed by atoms with Crippen molar-refractivity contribution in [3.8, 4) is 0 Å². The molecule has 2 aromatic carbocycles. The summed E-state index contributed by atoms with van der Waals surface area (Å²) in [4.78, 5) is 4.79. The zero-order valence-electron chi connectivity index (χ0n) is 10.4. The monoisotopic (exact) mass is 310 g/mol. The second-order valence-electron chi connectivity index (χ2n) is 4.77. The first-order chi connectivity index (χ1) is 9.24. The van der Waals surface area contributed by atoms with Gasteiger partial charge in [-0.05, 0) is 30.3 Å². The molecule has 2 heterocycles. The lowest BCUT2D eigenvalue weighted by atomic mass is 10.1. The third kappa shape index (κ3) is 1.51. The van der Waals surface area contributed by atoms with Gasteiger partial charge in [-0.3, -0.25) is 0 Å². The van der Waals surface area contributed by atoms with Crippen LogP contribution in [0.3, 0.4) is 0 Å². The summed E-state index contributed by atoms with van der Waals surface area (Å²) in [6.45, 7) is 0. The van der Waals surface area contributed by atoms with Crippen LogP contribution >= 0.6 is 15.9 Å². The number of hydrogen-bond donors (Lipinski definition) is 0. The first kappa shape index (κ1) is 11.0. The lowest BCUT2D eigenvalue weighted by molar-refractivity contribution is 0.994. The predicted octanol–water partition coefficient (Wildman–Crippen LogP) is 4.64. The second-order valence-corrected chi connectivity index (χ2v) is 5.69. The SMILES string of the molecule is Cn1c2ccc(Br)cc2c2cc3ccccc3nc21. The van der Waals surface area contributed by atoms with Crippen LogP contribution in [0.5, 0.6) is 0 Å². The Labute approximate surface area is 118 Å². The van der Waals surface area contributed by atoms with Crippen LogP contribution in [-0.4, -0.2) is 9.55 Å². The van der Waals surface area contributed by atoms with E-state index in [1.165, 1.54) is 21.7 Å². The number of para-hydroxylation sites is 1. The maximum atomic E-state index is 4.79. The van der Waals surface area contributed by atoms with Crippen molar-refractivity contribution in [1.82, 2.24) is 9.55 Å². The lowest BCUT2D eigenvalue weighted by Gasteiger charge is -1.99. The standard InChI is InChI=1S/C16H11BrN2/c1-19-15-7-6-11(17)9-12(15)13-8-10-4-2-3-5-14(10)18-16(13)19/h2-9H,1H3. The molecule has 0 spiro atoms. The summed E-state index contributed by atoms with van der Waals surface area (Å²) >= 11 is 3.55. The molecule has 0 bridgehead atoms. The quantitative estimate of drug-likeness (QED) is 0.462. The van der Waals surface area contributed by atoms with Crippen molar-refractivity contribution in [3.63, 3.8) is 0 Å². The van der Waals surface area contributed by atoms with Gasteiger partial charge in [-0.25, -0.2) is 4.98 Å². The molecule has 0 aliphatic heterocycles. The summed E-state index contributed by atoms with van der Waals surface area (Å²) in [6.07, 6.45) is 0. The number of benzene rings is 2. The largest absolute Gasteiger partial charge is 0.328 e. The van der Waals surface area contributed by atoms with Gasteiger partial charge < -0.3 is 4.57 Å². The van der Waals surface area contributed by atoms with E-state index in [1.807, 2.05) is 6.07 Å². The predicted molar refractivity (Wildman–Crippen MR) is 83.4 cm³/mol. The van der Waals surface area contributed by atoms with Gasteiger partial charge in [0.1, 0.15) is 5.65 Å². The smallest absolute Gasteiger partial charge is 0.141 e. The molecular weight excluding hydrogens is 300 g/mol. The average molecular weight is 311 g/mol. The van der Waals surface area contributed by atoms with Gasteiger partial charge in [0.05, 0.1) is 11.0 Å². The van der Waals surface area contributed by atoms with Crippen LogP contribution in [0.15, 0.2) is 53.0 Å². The highest BCUT2D eigenvalue weighted by Gasteiger charge is 2.10. The molecule has 0 atom stereocenters. The van der Waals surface area contributed by atoms with E-state index in [2.05, 4.69) is 70.0 Å². The van der Waals surface area contributed by atoms with Crippen LogP contribution in [0.1, 0.15) is 0 Å². The van der Waals surface area contributed by atoms with Gasteiger partial charge in [0.25, 0.3) is 0 Å². The fourth-order valence-corrected chi connectivity index (χ4v) is 3.05. The molecule has 92 valence electrons.